The van der Waals surface area contributed by atoms with Gasteiger partial charge in [0.1, 0.15) is 5.82 Å². The molecule has 29 heavy (non-hydrogen) atoms. The van der Waals surface area contributed by atoms with Gasteiger partial charge in [0.05, 0.1) is 5.69 Å². The molecule has 1 aliphatic carbocycles. The van der Waals surface area contributed by atoms with E-state index >= 15 is 0 Å². The Kier molecular flexibility index (Phi) is 5.34. The van der Waals surface area contributed by atoms with Gasteiger partial charge in [0.15, 0.2) is 17.3 Å². The highest BCUT2D eigenvalue weighted by Crippen LogP contribution is 2.24. The highest BCUT2D eigenvalue weighted by atomic mass is 16.1. The Hall–Kier alpha value is -3.53. The molecule has 0 saturated heterocycles. The lowest BCUT2D eigenvalue weighted by atomic mass is 9.91. The van der Waals surface area contributed by atoms with Crippen molar-refractivity contribution in [3.05, 3.63) is 48.4 Å². The Bertz CT molecular complexity index is 989. The monoisotopic (exact) mass is 393 g/mol. The van der Waals surface area contributed by atoms with Crippen LogP contribution in [0.5, 0.6) is 0 Å². The predicted molar refractivity (Wildman–Crippen MR) is 109 cm³/mol. The minimum atomic E-state index is -0.677. The quantitative estimate of drug-likeness (QED) is 0.493. The lowest BCUT2D eigenvalue weighted by Crippen LogP contribution is -2.42. The van der Waals surface area contributed by atoms with Crippen LogP contribution >= 0.6 is 0 Å². The summed E-state index contributed by atoms with van der Waals surface area (Å²) in [6.07, 6.45) is 7.67. The van der Waals surface area contributed by atoms with E-state index in [2.05, 4.69) is 30.9 Å². The smallest absolute Gasteiger partial charge is 0.271 e. The molecule has 3 aromatic rings. The second kappa shape index (κ2) is 8.23. The van der Waals surface area contributed by atoms with E-state index in [0.717, 1.165) is 25.7 Å². The number of rotatable bonds is 6. The van der Waals surface area contributed by atoms with Gasteiger partial charge in [-0.25, -0.2) is 9.67 Å². The Balaban J connectivity index is 1.60. The van der Waals surface area contributed by atoms with Crippen LogP contribution in [-0.4, -0.2) is 43.0 Å². The first-order valence-corrected chi connectivity index (χ1v) is 9.54. The fourth-order valence-electron chi connectivity index (χ4n) is 3.43. The van der Waals surface area contributed by atoms with Gasteiger partial charge in [-0.05, 0) is 31.0 Å². The number of hydrogen-bond acceptors (Lipinski definition) is 8. The SMILES string of the molecule is NC(=O)c1nnc(NC2CCCCC2N)cc1Nc1cccc(-n2cccn2)n1. The molecule has 1 saturated carbocycles. The highest BCUT2D eigenvalue weighted by molar-refractivity contribution is 5.97. The van der Waals surface area contributed by atoms with Crippen molar-refractivity contribution < 1.29 is 4.79 Å². The standard InChI is InChI=1S/C19H23N9O/c20-12-5-1-2-6-13(12)23-16-11-14(18(19(21)29)27-26-16)24-15-7-3-8-17(25-15)28-10-4-9-22-28/h3-4,7-13H,1-2,5-6,20H2,(H2,21,29)(H2,23,24,25,26). The van der Waals surface area contributed by atoms with Crippen molar-refractivity contribution in [1.82, 2.24) is 25.0 Å². The number of nitrogens with one attached hydrogen (secondary N) is 2. The lowest BCUT2D eigenvalue weighted by Gasteiger charge is -2.29. The van der Waals surface area contributed by atoms with Gasteiger partial charge >= 0.3 is 0 Å². The third-order valence-corrected chi connectivity index (χ3v) is 4.92. The minimum absolute atomic E-state index is 0.0368. The van der Waals surface area contributed by atoms with Gasteiger partial charge in [0.25, 0.3) is 5.91 Å². The molecule has 2 unspecified atom stereocenters. The fraction of sp³-hybridized carbons (Fsp3) is 0.316. The van der Waals surface area contributed by atoms with Crippen LogP contribution in [0.15, 0.2) is 42.7 Å². The Morgan fingerprint density at radius 2 is 2.00 bits per heavy atom. The molecule has 0 aromatic carbocycles. The zero-order valence-electron chi connectivity index (χ0n) is 15.8. The maximum absolute atomic E-state index is 11.8. The molecular weight excluding hydrogens is 370 g/mol. The van der Waals surface area contributed by atoms with Crippen molar-refractivity contribution in [2.75, 3.05) is 10.6 Å². The number of nitrogens with two attached hydrogens (primary N) is 2. The molecule has 1 aliphatic rings. The van der Waals surface area contributed by atoms with Crippen LogP contribution in [0, 0.1) is 0 Å². The molecule has 1 amide bonds. The number of primary amides is 1. The second-order valence-electron chi connectivity index (χ2n) is 7.01. The van der Waals surface area contributed by atoms with Gasteiger partial charge in [-0.1, -0.05) is 18.9 Å². The maximum atomic E-state index is 11.8. The number of carbonyl (C=O) groups is 1. The van der Waals surface area contributed by atoms with Crippen molar-refractivity contribution in [1.29, 1.82) is 0 Å². The van der Waals surface area contributed by atoms with E-state index in [0.29, 0.717) is 23.1 Å². The highest BCUT2D eigenvalue weighted by Gasteiger charge is 2.23. The van der Waals surface area contributed by atoms with Gasteiger partial charge in [-0.2, -0.15) is 5.10 Å². The molecule has 0 aliphatic heterocycles. The lowest BCUT2D eigenvalue weighted by molar-refractivity contribution is 0.0995. The van der Waals surface area contributed by atoms with Gasteiger partial charge in [0, 0.05) is 30.5 Å². The zero-order chi connectivity index (χ0) is 20.2. The molecule has 150 valence electrons. The van der Waals surface area contributed by atoms with Crippen LogP contribution in [0.4, 0.5) is 17.3 Å². The van der Waals surface area contributed by atoms with Crippen LogP contribution in [0.3, 0.4) is 0 Å². The molecule has 10 nitrogen and oxygen atoms in total. The van der Waals surface area contributed by atoms with Crippen LogP contribution in [0.1, 0.15) is 36.2 Å². The zero-order valence-corrected chi connectivity index (χ0v) is 15.8. The van der Waals surface area contributed by atoms with Crippen molar-refractivity contribution >= 4 is 23.2 Å². The maximum Gasteiger partial charge on any atom is 0.271 e. The van der Waals surface area contributed by atoms with Crippen molar-refractivity contribution in [2.24, 2.45) is 11.5 Å². The topological polar surface area (TPSA) is 150 Å². The first kappa shape index (κ1) is 18.8. The Morgan fingerprint density at radius 1 is 1.14 bits per heavy atom. The molecular formula is C19H23N9O. The largest absolute Gasteiger partial charge is 0.364 e. The summed E-state index contributed by atoms with van der Waals surface area (Å²) >= 11 is 0. The van der Waals surface area contributed by atoms with Gasteiger partial charge in [-0.3, -0.25) is 4.79 Å². The summed E-state index contributed by atoms with van der Waals surface area (Å²) in [6, 6.07) is 9.14. The summed E-state index contributed by atoms with van der Waals surface area (Å²) in [6.45, 7) is 0. The molecule has 4 rings (SSSR count). The van der Waals surface area contributed by atoms with Crippen LogP contribution in [0.25, 0.3) is 5.82 Å². The summed E-state index contributed by atoms with van der Waals surface area (Å²) in [5.41, 5.74) is 12.1. The van der Waals surface area contributed by atoms with E-state index in [4.69, 9.17) is 11.5 Å². The van der Waals surface area contributed by atoms with Gasteiger partial charge < -0.3 is 22.1 Å². The van der Waals surface area contributed by atoms with Crippen molar-refractivity contribution in [2.45, 2.75) is 37.8 Å². The third kappa shape index (κ3) is 4.32. The summed E-state index contributed by atoms with van der Waals surface area (Å²) in [7, 11) is 0. The number of anilines is 3. The van der Waals surface area contributed by atoms with E-state index in [-0.39, 0.29) is 17.8 Å². The van der Waals surface area contributed by atoms with Crippen LogP contribution < -0.4 is 22.1 Å². The Morgan fingerprint density at radius 3 is 2.76 bits per heavy atom. The molecule has 3 heterocycles. The normalized spacial score (nSPS) is 18.9. The summed E-state index contributed by atoms with van der Waals surface area (Å²) in [5.74, 6) is 1.01. The van der Waals surface area contributed by atoms with Crippen molar-refractivity contribution in [3.63, 3.8) is 0 Å². The Labute approximate surface area is 167 Å². The van der Waals surface area contributed by atoms with Gasteiger partial charge in [0.2, 0.25) is 0 Å². The molecule has 0 bridgehead atoms. The fourth-order valence-corrected chi connectivity index (χ4v) is 3.43. The van der Waals surface area contributed by atoms with E-state index in [1.54, 1.807) is 29.2 Å². The molecule has 10 heteroatoms. The molecule has 6 N–H and O–H groups in total. The average molecular weight is 393 g/mol. The number of carbonyl (C=O) groups excluding carboxylic acids is 1. The van der Waals surface area contributed by atoms with E-state index < -0.39 is 5.91 Å². The predicted octanol–water partition coefficient (Wildman–Crippen LogP) is 1.58. The minimum Gasteiger partial charge on any atom is -0.364 e. The average Bonchev–Trinajstić information content (AvgIpc) is 3.25. The first-order chi connectivity index (χ1) is 14.1. The number of amides is 1. The summed E-state index contributed by atoms with van der Waals surface area (Å²) in [4.78, 5) is 16.3. The third-order valence-electron chi connectivity index (χ3n) is 4.92. The summed E-state index contributed by atoms with van der Waals surface area (Å²) < 4.78 is 1.64. The molecule has 0 spiro atoms. The number of pyridine rings is 1. The van der Waals surface area contributed by atoms with E-state index in [1.807, 2.05) is 18.2 Å². The molecule has 0 radical (unpaired) electrons. The number of aromatic nitrogens is 5. The summed E-state index contributed by atoms with van der Waals surface area (Å²) in [5, 5.41) is 18.7. The van der Waals surface area contributed by atoms with Crippen LogP contribution in [0.2, 0.25) is 0 Å². The molecule has 3 aromatic heterocycles. The van der Waals surface area contributed by atoms with Gasteiger partial charge in [-0.15, -0.1) is 10.2 Å². The first-order valence-electron chi connectivity index (χ1n) is 9.54. The van der Waals surface area contributed by atoms with Crippen LogP contribution in [-0.2, 0) is 0 Å². The van der Waals surface area contributed by atoms with Crippen molar-refractivity contribution in [3.8, 4) is 5.82 Å². The van der Waals surface area contributed by atoms with E-state index in [1.165, 1.54) is 0 Å². The number of hydrogen-bond donors (Lipinski definition) is 4. The molecule has 1 fully saturated rings. The van der Waals surface area contributed by atoms with E-state index in [9.17, 15) is 4.79 Å². The molecule has 2 atom stereocenters. The number of nitrogens with zero attached hydrogens (tertiary/aromatic N) is 5. The second-order valence-corrected chi connectivity index (χ2v) is 7.01.